The van der Waals surface area contributed by atoms with Gasteiger partial charge in [0, 0.05) is 28.7 Å². The fourth-order valence-electron chi connectivity index (χ4n) is 2.68. The smallest absolute Gasteiger partial charge is 0.395 e. The molecular formula is C17H16N4O4. The van der Waals surface area contributed by atoms with E-state index in [0.29, 0.717) is 0 Å². The van der Waals surface area contributed by atoms with E-state index < -0.39 is 22.0 Å². The molecule has 3 aromatic rings. The number of para-hydroxylation sites is 1. The summed E-state index contributed by atoms with van der Waals surface area (Å²) in [4.78, 5) is 27.4. The van der Waals surface area contributed by atoms with E-state index in [1.165, 1.54) is 6.08 Å². The molecule has 0 saturated carbocycles. The molecule has 1 aromatic carbocycles. The first kappa shape index (κ1) is 16.4. The first-order valence-corrected chi connectivity index (χ1v) is 7.64. The number of aromatic hydroxyl groups is 1. The van der Waals surface area contributed by atoms with Crippen molar-refractivity contribution >= 4 is 28.7 Å². The number of nitro groups is 1. The van der Waals surface area contributed by atoms with Gasteiger partial charge >= 0.3 is 11.2 Å². The lowest BCUT2D eigenvalue weighted by atomic mass is 10.1. The summed E-state index contributed by atoms with van der Waals surface area (Å²) in [7, 11) is 0. The molecule has 0 saturated heterocycles. The molecule has 2 heterocycles. The Morgan fingerprint density at radius 2 is 2.04 bits per heavy atom. The molecule has 0 amide bonds. The van der Waals surface area contributed by atoms with E-state index in [4.69, 9.17) is 0 Å². The van der Waals surface area contributed by atoms with E-state index in [1.807, 2.05) is 30.5 Å². The standard InChI is InChI=1S/C17H16N4O4/c1-10(2)20-9-11(12-5-3-4-6-13(12)20)7-8-14-18-16(22)15(21(24)25)17(23)19-14/h3-10H,1-2H3,(H2,18,19,22,23). The zero-order valence-corrected chi connectivity index (χ0v) is 13.6. The molecule has 0 radical (unpaired) electrons. The highest BCUT2D eigenvalue weighted by atomic mass is 16.6. The summed E-state index contributed by atoms with van der Waals surface area (Å²) in [6.07, 6.45) is 5.22. The molecule has 0 atom stereocenters. The van der Waals surface area contributed by atoms with E-state index in [1.54, 1.807) is 6.08 Å². The zero-order valence-electron chi connectivity index (χ0n) is 13.6. The van der Waals surface area contributed by atoms with E-state index in [2.05, 4.69) is 28.4 Å². The number of hydrogen-bond acceptors (Lipinski definition) is 5. The third-order valence-electron chi connectivity index (χ3n) is 3.83. The molecule has 0 aliphatic carbocycles. The fourth-order valence-corrected chi connectivity index (χ4v) is 2.68. The summed E-state index contributed by atoms with van der Waals surface area (Å²) >= 11 is 0. The number of nitrogens with zero attached hydrogens (tertiary/aromatic N) is 3. The number of hydrogen-bond donors (Lipinski definition) is 2. The Kier molecular flexibility index (Phi) is 4.10. The summed E-state index contributed by atoms with van der Waals surface area (Å²) in [5.74, 6) is -0.868. The van der Waals surface area contributed by atoms with Gasteiger partial charge in [-0.25, -0.2) is 0 Å². The summed E-state index contributed by atoms with van der Waals surface area (Å²) in [5.41, 5.74) is 0.0188. The van der Waals surface area contributed by atoms with Crippen molar-refractivity contribution in [3.8, 4) is 5.88 Å². The molecule has 8 heteroatoms. The van der Waals surface area contributed by atoms with Crippen molar-refractivity contribution in [2.45, 2.75) is 19.9 Å². The van der Waals surface area contributed by atoms with Crippen LogP contribution >= 0.6 is 0 Å². The van der Waals surface area contributed by atoms with Gasteiger partial charge in [-0.05, 0) is 32.1 Å². The van der Waals surface area contributed by atoms with Crippen molar-refractivity contribution in [3.63, 3.8) is 0 Å². The van der Waals surface area contributed by atoms with Gasteiger partial charge in [0.2, 0.25) is 0 Å². The second-order valence-electron chi connectivity index (χ2n) is 5.82. The Morgan fingerprint density at radius 3 is 2.68 bits per heavy atom. The van der Waals surface area contributed by atoms with Crippen molar-refractivity contribution in [1.82, 2.24) is 14.5 Å². The number of aromatic nitrogens is 3. The van der Waals surface area contributed by atoms with Gasteiger partial charge < -0.3 is 14.7 Å². The van der Waals surface area contributed by atoms with Crippen molar-refractivity contribution in [1.29, 1.82) is 0 Å². The monoisotopic (exact) mass is 340 g/mol. The molecule has 2 N–H and O–H groups in total. The van der Waals surface area contributed by atoms with Gasteiger partial charge in [-0.2, -0.15) is 4.98 Å². The third kappa shape index (κ3) is 3.01. The number of nitrogens with one attached hydrogen (secondary N) is 1. The highest BCUT2D eigenvalue weighted by Gasteiger charge is 2.21. The van der Waals surface area contributed by atoms with Crippen LogP contribution in [0, 0.1) is 10.1 Å². The Morgan fingerprint density at radius 1 is 1.32 bits per heavy atom. The van der Waals surface area contributed by atoms with Gasteiger partial charge in [0.1, 0.15) is 5.82 Å². The normalized spacial score (nSPS) is 11.6. The Balaban J connectivity index is 2.05. The lowest BCUT2D eigenvalue weighted by Crippen LogP contribution is -2.14. The summed E-state index contributed by atoms with van der Waals surface area (Å²) < 4.78 is 2.12. The molecule has 128 valence electrons. The van der Waals surface area contributed by atoms with Gasteiger partial charge in [0.05, 0.1) is 4.92 Å². The molecule has 0 unspecified atom stereocenters. The van der Waals surface area contributed by atoms with Gasteiger partial charge in [0.25, 0.3) is 5.88 Å². The van der Waals surface area contributed by atoms with Crippen molar-refractivity contribution < 1.29 is 10.0 Å². The zero-order chi connectivity index (χ0) is 18.1. The predicted molar refractivity (Wildman–Crippen MR) is 94.4 cm³/mol. The predicted octanol–water partition coefficient (Wildman–Crippen LogP) is 3.09. The summed E-state index contributed by atoms with van der Waals surface area (Å²) in [5, 5.41) is 21.3. The lowest BCUT2D eigenvalue weighted by Gasteiger charge is -2.08. The van der Waals surface area contributed by atoms with Crippen LogP contribution in [-0.4, -0.2) is 24.6 Å². The second-order valence-corrected chi connectivity index (χ2v) is 5.82. The topological polar surface area (TPSA) is 114 Å². The molecule has 3 rings (SSSR count). The fraction of sp³-hybridized carbons (Fsp3) is 0.176. The van der Waals surface area contributed by atoms with Crippen LogP contribution in [0.4, 0.5) is 5.69 Å². The number of rotatable bonds is 4. The molecule has 0 spiro atoms. The Bertz CT molecular complexity index is 1050. The number of H-pyrrole nitrogens is 1. The first-order chi connectivity index (χ1) is 11.9. The minimum atomic E-state index is -0.998. The molecule has 25 heavy (non-hydrogen) atoms. The SMILES string of the molecule is CC(C)n1cc(C=Cc2nc(O)c([N+](=O)[O-])c(=O)[nH]2)c2ccccc21. The van der Waals surface area contributed by atoms with Gasteiger partial charge in [-0.15, -0.1) is 0 Å². The van der Waals surface area contributed by atoms with Crippen LogP contribution in [0.15, 0.2) is 35.3 Å². The van der Waals surface area contributed by atoms with Gasteiger partial charge in [0.15, 0.2) is 0 Å². The maximum atomic E-state index is 11.7. The van der Waals surface area contributed by atoms with E-state index >= 15 is 0 Å². The van der Waals surface area contributed by atoms with Gasteiger partial charge in [-0.1, -0.05) is 18.2 Å². The first-order valence-electron chi connectivity index (χ1n) is 7.64. The van der Waals surface area contributed by atoms with Crippen LogP contribution < -0.4 is 5.56 Å². The van der Waals surface area contributed by atoms with Crippen molar-refractivity contribution in [2.24, 2.45) is 0 Å². The highest BCUT2D eigenvalue weighted by molar-refractivity contribution is 5.91. The molecule has 0 aliphatic rings. The lowest BCUT2D eigenvalue weighted by molar-refractivity contribution is -0.387. The molecule has 8 nitrogen and oxygen atoms in total. The number of benzene rings is 1. The third-order valence-corrected chi connectivity index (χ3v) is 3.83. The van der Waals surface area contributed by atoms with Crippen LogP contribution in [0.2, 0.25) is 0 Å². The quantitative estimate of drug-likeness (QED) is 0.559. The van der Waals surface area contributed by atoms with Crippen molar-refractivity contribution in [3.05, 3.63) is 62.3 Å². The van der Waals surface area contributed by atoms with E-state index in [9.17, 15) is 20.0 Å². The van der Waals surface area contributed by atoms with Crippen molar-refractivity contribution in [2.75, 3.05) is 0 Å². The average Bonchev–Trinajstić information content (AvgIpc) is 2.91. The minimum Gasteiger partial charge on any atom is -0.488 e. The summed E-state index contributed by atoms with van der Waals surface area (Å²) in [6, 6.07) is 8.17. The van der Waals surface area contributed by atoms with Crippen LogP contribution in [0.25, 0.3) is 23.1 Å². The number of aromatic amines is 1. The molecular weight excluding hydrogens is 324 g/mol. The Hall–Kier alpha value is -3.42. The molecule has 0 aliphatic heterocycles. The maximum Gasteiger partial charge on any atom is 0.395 e. The second kappa shape index (κ2) is 6.23. The van der Waals surface area contributed by atoms with Gasteiger partial charge in [-0.3, -0.25) is 14.9 Å². The maximum absolute atomic E-state index is 11.7. The Labute approximate surface area is 142 Å². The largest absolute Gasteiger partial charge is 0.488 e. The average molecular weight is 340 g/mol. The van der Waals surface area contributed by atoms with E-state index in [0.717, 1.165) is 16.5 Å². The van der Waals surface area contributed by atoms with Crippen LogP contribution in [0.5, 0.6) is 5.88 Å². The van der Waals surface area contributed by atoms with E-state index in [-0.39, 0.29) is 11.9 Å². The van der Waals surface area contributed by atoms with Crippen LogP contribution in [0.1, 0.15) is 31.3 Å². The van der Waals surface area contributed by atoms with Crippen LogP contribution in [-0.2, 0) is 0 Å². The molecule has 0 fully saturated rings. The molecule has 2 aromatic heterocycles. The number of fused-ring (bicyclic) bond motifs is 1. The highest BCUT2D eigenvalue weighted by Crippen LogP contribution is 2.26. The summed E-state index contributed by atoms with van der Waals surface area (Å²) in [6.45, 7) is 4.15. The molecule has 0 bridgehead atoms. The minimum absolute atomic E-state index is 0.0366. The van der Waals surface area contributed by atoms with Crippen LogP contribution in [0.3, 0.4) is 0 Å².